The number of hydrogen-bond acceptors (Lipinski definition) is 7. The number of aliphatic carboxylic acids is 1. The first-order valence-corrected chi connectivity index (χ1v) is 8.58. The number of phenolic OH excluding ortho intramolecular Hbond substituents is 1. The summed E-state index contributed by atoms with van der Waals surface area (Å²) in [7, 11) is 0. The molecule has 2 atom stereocenters. The molecule has 11 heteroatoms. The number of nitrogens with one attached hydrogen (secondary N) is 3. The highest BCUT2D eigenvalue weighted by atomic mass is 32.1. The van der Waals surface area contributed by atoms with Gasteiger partial charge in [0.05, 0.1) is 6.54 Å². The van der Waals surface area contributed by atoms with E-state index in [0.29, 0.717) is 5.56 Å². The van der Waals surface area contributed by atoms with Crippen molar-refractivity contribution in [3.05, 3.63) is 29.8 Å². The minimum atomic E-state index is -1.23. The second-order valence-electron chi connectivity index (χ2n) is 5.55. The first-order valence-electron chi connectivity index (χ1n) is 7.94. The van der Waals surface area contributed by atoms with Gasteiger partial charge in [-0.3, -0.25) is 19.2 Å². The number of phenols is 1. The standard InChI is InChI=1S/C16H22N4O6S/c17-6-13(22)19-12(8-27)16(26)20-11(15(25)18-7-14(23)24)5-9-1-3-10(21)4-2-9/h1-4,11-12,21,27H,5-8,17H2,(H,18,25)(H,19,22)(H,20,26)(H,23,24). The molecule has 10 nitrogen and oxygen atoms in total. The average molecular weight is 398 g/mol. The number of nitrogens with two attached hydrogens (primary N) is 1. The monoisotopic (exact) mass is 398 g/mol. The molecule has 0 aliphatic heterocycles. The van der Waals surface area contributed by atoms with E-state index in [0.717, 1.165) is 0 Å². The van der Waals surface area contributed by atoms with Crippen molar-refractivity contribution in [2.45, 2.75) is 18.5 Å². The van der Waals surface area contributed by atoms with E-state index in [9.17, 15) is 24.3 Å². The van der Waals surface area contributed by atoms with E-state index in [-0.39, 0.29) is 24.5 Å². The molecule has 0 saturated carbocycles. The third-order valence-corrected chi connectivity index (χ3v) is 3.81. The van der Waals surface area contributed by atoms with Crippen LogP contribution >= 0.6 is 12.6 Å². The zero-order chi connectivity index (χ0) is 20.4. The SMILES string of the molecule is NCC(=O)NC(CS)C(=O)NC(Cc1ccc(O)cc1)C(=O)NCC(=O)O. The van der Waals surface area contributed by atoms with Crippen LogP contribution in [0, 0.1) is 0 Å². The second kappa shape index (κ2) is 11.0. The molecule has 1 rings (SSSR count). The van der Waals surface area contributed by atoms with Crippen molar-refractivity contribution in [1.29, 1.82) is 0 Å². The minimum Gasteiger partial charge on any atom is -0.508 e. The Hall–Kier alpha value is -2.79. The van der Waals surface area contributed by atoms with Gasteiger partial charge in [0.25, 0.3) is 0 Å². The fourth-order valence-corrected chi connectivity index (χ4v) is 2.34. The van der Waals surface area contributed by atoms with Gasteiger partial charge in [-0.05, 0) is 17.7 Å². The van der Waals surface area contributed by atoms with Gasteiger partial charge >= 0.3 is 5.97 Å². The van der Waals surface area contributed by atoms with Gasteiger partial charge in [-0.25, -0.2) is 0 Å². The van der Waals surface area contributed by atoms with Gasteiger partial charge < -0.3 is 31.9 Å². The highest BCUT2D eigenvalue weighted by Gasteiger charge is 2.26. The zero-order valence-electron chi connectivity index (χ0n) is 14.3. The van der Waals surface area contributed by atoms with Crippen LogP contribution in [0.1, 0.15) is 5.56 Å². The predicted octanol–water partition coefficient (Wildman–Crippen LogP) is -2.01. The molecule has 7 N–H and O–H groups in total. The highest BCUT2D eigenvalue weighted by Crippen LogP contribution is 2.11. The fourth-order valence-electron chi connectivity index (χ4n) is 2.08. The third-order valence-electron chi connectivity index (χ3n) is 3.44. The average Bonchev–Trinajstić information content (AvgIpc) is 2.64. The summed E-state index contributed by atoms with van der Waals surface area (Å²) >= 11 is 4.00. The quantitative estimate of drug-likeness (QED) is 0.223. The summed E-state index contributed by atoms with van der Waals surface area (Å²) in [6, 6.07) is 3.84. The van der Waals surface area contributed by atoms with Crippen LogP contribution in [-0.2, 0) is 25.6 Å². The molecule has 27 heavy (non-hydrogen) atoms. The topological polar surface area (TPSA) is 171 Å². The van der Waals surface area contributed by atoms with E-state index in [1.807, 2.05) is 0 Å². The number of carbonyl (C=O) groups excluding carboxylic acids is 3. The number of aromatic hydroxyl groups is 1. The van der Waals surface area contributed by atoms with Crippen molar-refractivity contribution in [3.8, 4) is 5.75 Å². The number of hydrogen-bond donors (Lipinski definition) is 7. The molecule has 0 bridgehead atoms. The van der Waals surface area contributed by atoms with E-state index in [1.54, 1.807) is 12.1 Å². The van der Waals surface area contributed by atoms with Crippen molar-refractivity contribution in [3.63, 3.8) is 0 Å². The summed E-state index contributed by atoms with van der Waals surface area (Å²) < 4.78 is 0. The lowest BCUT2D eigenvalue weighted by atomic mass is 10.0. The zero-order valence-corrected chi connectivity index (χ0v) is 15.2. The molecule has 0 spiro atoms. The lowest BCUT2D eigenvalue weighted by Gasteiger charge is -2.22. The normalized spacial score (nSPS) is 12.5. The van der Waals surface area contributed by atoms with Crippen LogP contribution in [0.2, 0.25) is 0 Å². The number of carboxylic acids is 1. The molecule has 0 aromatic heterocycles. The molecule has 1 aromatic rings. The first-order chi connectivity index (χ1) is 12.8. The molecule has 3 amide bonds. The lowest BCUT2D eigenvalue weighted by Crippen LogP contribution is -2.56. The Kier molecular flexibility index (Phi) is 9.09. The lowest BCUT2D eigenvalue weighted by molar-refractivity contribution is -0.138. The molecule has 0 radical (unpaired) electrons. The Bertz CT molecular complexity index is 682. The van der Waals surface area contributed by atoms with Crippen LogP contribution in [0.25, 0.3) is 0 Å². The van der Waals surface area contributed by atoms with Gasteiger partial charge in [-0.15, -0.1) is 0 Å². The van der Waals surface area contributed by atoms with Crippen LogP contribution in [-0.4, -0.2) is 64.8 Å². The summed E-state index contributed by atoms with van der Waals surface area (Å²) in [6.45, 7) is -0.922. The van der Waals surface area contributed by atoms with Crippen LogP contribution < -0.4 is 21.7 Å². The Labute approximate surface area is 160 Å². The van der Waals surface area contributed by atoms with Gasteiger partial charge in [0.1, 0.15) is 24.4 Å². The van der Waals surface area contributed by atoms with E-state index in [1.165, 1.54) is 12.1 Å². The summed E-state index contributed by atoms with van der Waals surface area (Å²) in [4.78, 5) is 46.7. The van der Waals surface area contributed by atoms with Gasteiger partial charge in [-0.1, -0.05) is 12.1 Å². The Morgan fingerprint density at radius 2 is 1.67 bits per heavy atom. The summed E-state index contributed by atoms with van der Waals surface area (Å²) in [6.07, 6.45) is 0.0433. The van der Waals surface area contributed by atoms with Gasteiger partial charge in [0, 0.05) is 12.2 Å². The summed E-state index contributed by atoms with van der Waals surface area (Å²) in [5, 5.41) is 25.1. The number of rotatable bonds is 10. The number of amides is 3. The van der Waals surface area contributed by atoms with Gasteiger partial charge in [0.15, 0.2) is 0 Å². The second-order valence-corrected chi connectivity index (χ2v) is 5.92. The molecule has 0 aliphatic carbocycles. The van der Waals surface area contributed by atoms with E-state index >= 15 is 0 Å². The van der Waals surface area contributed by atoms with Crippen LogP contribution in [0.4, 0.5) is 0 Å². The van der Waals surface area contributed by atoms with Crippen molar-refractivity contribution in [2.24, 2.45) is 5.73 Å². The third kappa shape index (κ3) is 7.96. The largest absolute Gasteiger partial charge is 0.508 e. The van der Waals surface area contributed by atoms with Crippen LogP contribution in [0.5, 0.6) is 5.75 Å². The van der Waals surface area contributed by atoms with E-state index in [4.69, 9.17) is 10.8 Å². The van der Waals surface area contributed by atoms with Gasteiger partial charge in [-0.2, -0.15) is 12.6 Å². The molecule has 0 fully saturated rings. The molecule has 0 saturated heterocycles. The van der Waals surface area contributed by atoms with E-state index < -0.39 is 42.3 Å². The number of carbonyl (C=O) groups is 4. The smallest absolute Gasteiger partial charge is 0.322 e. The molecular formula is C16H22N4O6S. The maximum Gasteiger partial charge on any atom is 0.322 e. The maximum atomic E-state index is 12.4. The molecule has 148 valence electrons. The molecular weight excluding hydrogens is 376 g/mol. The molecule has 0 aliphatic rings. The van der Waals surface area contributed by atoms with Crippen molar-refractivity contribution in [2.75, 3.05) is 18.8 Å². The number of benzene rings is 1. The van der Waals surface area contributed by atoms with E-state index in [2.05, 4.69) is 28.6 Å². The molecule has 0 heterocycles. The summed E-state index contributed by atoms with van der Waals surface area (Å²) in [5.41, 5.74) is 5.82. The Morgan fingerprint density at radius 1 is 1.04 bits per heavy atom. The summed E-state index contributed by atoms with van der Waals surface area (Å²) in [5.74, 6) is -3.16. The van der Waals surface area contributed by atoms with Crippen LogP contribution in [0.15, 0.2) is 24.3 Å². The predicted molar refractivity (Wildman–Crippen MR) is 99.2 cm³/mol. The Morgan fingerprint density at radius 3 is 2.19 bits per heavy atom. The van der Waals surface area contributed by atoms with Crippen LogP contribution in [0.3, 0.4) is 0 Å². The number of thiol groups is 1. The van der Waals surface area contributed by atoms with Gasteiger partial charge in [0.2, 0.25) is 17.7 Å². The Balaban J connectivity index is 2.89. The molecule has 1 aromatic carbocycles. The van der Waals surface area contributed by atoms with Crippen molar-refractivity contribution >= 4 is 36.3 Å². The van der Waals surface area contributed by atoms with Crippen molar-refractivity contribution in [1.82, 2.24) is 16.0 Å². The highest BCUT2D eigenvalue weighted by molar-refractivity contribution is 7.80. The molecule has 2 unspecified atom stereocenters. The number of carboxylic acid groups (broad SMARTS) is 1. The first kappa shape index (κ1) is 22.3. The maximum absolute atomic E-state index is 12.4. The minimum absolute atomic E-state index is 0.0275. The fraction of sp³-hybridized carbons (Fsp3) is 0.375. The van der Waals surface area contributed by atoms with Crippen molar-refractivity contribution < 1.29 is 29.4 Å².